The minimum absolute atomic E-state index is 0.967. The summed E-state index contributed by atoms with van der Waals surface area (Å²) in [5.74, 6) is 0. The van der Waals surface area contributed by atoms with E-state index >= 15 is 0 Å². The zero-order chi connectivity index (χ0) is 34.1. The number of benzene rings is 4. The van der Waals surface area contributed by atoms with Crippen molar-refractivity contribution in [1.82, 2.24) is 0 Å². The van der Waals surface area contributed by atoms with E-state index in [1.54, 1.807) is 0 Å². The minimum atomic E-state index is 0.967. The van der Waals surface area contributed by atoms with E-state index in [1.165, 1.54) is 39.1 Å². The summed E-state index contributed by atoms with van der Waals surface area (Å²) in [5.41, 5.74) is 8.94. The molecule has 1 heteroatoms. The molecule has 0 atom stereocenters. The van der Waals surface area contributed by atoms with Gasteiger partial charge in [-0.25, -0.2) is 0 Å². The second kappa shape index (κ2) is 34.9. The first kappa shape index (κ1) is 46.6. The lowest BCUT2D eigenvalue weighted by atomic mass is 9.88. The third kappa shape index (κ3) is 15.6. The van der Waals surface area contributed by atoms with Gasteiger partial charge in [0.2, 0.25) is 0 Å². The normalized spacial score (nSPS) is 8.19. The van der Waals surface area contributed by atoms with Crippen LogP contribution in [0.15, 0.2) is 103 Å². The van der Waals surface area contributed by atoms with Gasteiger partial charge in [-0.05, 0) is 36.1 Å². The van der Waals surface area contributed by atoms with Gasteiger partial charge in [-0.15, -0.1) is 0 Å². The fourth-order valence-corrected chi connectivity index (χ4v) is 4.07. The molecule has 0 fully saturated rings. The van der Waals surface area contributed by atoms with Crippen molar-refractivity contribution in [3.8, 4) is 33.4 Å². The van der Waals surface area contributed by atoms with E-state index < -0.39 is 0 Å². The molecule has 0 N–H and O–H groups in total. The summed E-state index contributed by atoms with van der Waals surface area (Å²) < 4.78 is 0. The summed E-state index contributed by atoms with van der Waals surface area (Å²) in [6.07, 6.45) is 0. The molecule has 4 rings (SSSR count). The minimum Gasteiger partial charge on any atom is -0.371 e. The second-order valence-corrected chi connectivity index (χ2v) is 7.15. The van der Waals surface area contributed by atoms with E-state index in [9.17, 15) is 0 Å². The molecule has 1 nitrogen and oxygen atoms in total. The lowest BCUT2D eigenvalue weighted by Crippen LogP contribution is -2.23. The fraction of sp³-hybridized carbons (Fsp3) is 0.429. The van der Waals surface area contributed by atoms with Gasteiger partial charge in [0.15, 0.2) is 0 Å². The van der Waals surface area contributed by atoms with Crippen molar-refractivity contribution in [2.24, 2.45) is 0 Å². The van der Waals surface area contributed by atoms with Crippen molar-refractivity contribution in [3.05, 3.63) is 103 Å². The summed E-state index contributed by atoms with van der Waals surface area (Å²) >= 11 is 0. The van der Waals surface area contributed by atoms with Crippen LogP contribution >= 0.6 is 0 Å². The molecule has 0 radical (unpaired) electrons. The highest BCUT2D eigenvalue weighted by atomic mass is 15.1. The lowest BCUT2D eigenvalue weighted by Gasteiger charge is -2.29. The summed E-state index contributed by atoms with van der Waals surface area (Å²) in [5, 5.41) is 0. The lowest BCUT2D eigenvalue weighted by molar-refractivity contribution is 0.868. The molecule has 0 aliphatic heterocycles. The zero-order valence-electron chi connectivity index (χ0n) is 31.2. The molecule has 43 heavy (non-hydrogen) atoms. The maximum absolute atomic E-state index is 2.48. The standard InChI is InChI=1S/C28H27N.7C2H6/c1-3-29(4-2)28-26(23-16-10-6-11-17-23)21-20-25(22-14-8-5-9-15-22)27(28)24-18-12-7-13-19-24;7*1-2/h5-21H,3-4H2,1-2H3;7*1-2H3. The average Bonchev–Trinajstić information content (AvgIpc) is 3.15. The van der Waals surface area contributed by atoms with E-state index in [0.717, 1.165) is 13.1 Å². The van der Waals surface area contributed by atoms with Gasteiger partial charge in [-0.3, -0.25) is 0 Å². The van der Waals surface area contributed by atoms with Crippen LogP contribution in [0, 0.1) is 0 Å². The molecule has 0 aliphatic carbocycles. The van der Waals surface area contributed by atoms with E-state index in [4.69, 9.17) is 0 Å². The Bertz CT molecular complexity index is 1050. The highest BCUT2D eigenvalue weighted by Crippen LogP contribution is 2.45. The first-order valence-electron chi connectivity index (χ1n) is 17.4. The van der Waals surface area contributed by atoms with Gasteiger partial charge >= 0.3 is 0 Å². The second-order valence-electron chi connectivity index (χ2n) is 7.15. The molecule has 0 heterocycles. The van der Waals surface area contributed by atoms with Gasteiger partial charge in [-0.1, -0.05) is 200 Å². The molecular weight excluding hydrogens is 518 g/mol. The van der Waals surface area contributed by atoms with Crippen molar-refractivity contribution in [2.45, 2.75) is 111 Å². The third-order valence-electron chi connectivity index (χ3n) is 5.49. The van der Waals surface area contributed by atoms with Crippen LogP contribution in [0.2, 0.25) is 0 Å². The average molecular weight is 588 g/mol. The first-order chi connectivity index (χ1) is 21.3. The molecule has 0 bridgehead atoms. The van der Waals surface area contributed by atoms with Crippen LogP contribution in [-0.2, 0) is 0 Å². The van der Waals surface area contributed by atoms with E-state index in [2.05, 4.69) is 122 Å². The Morgan fingerprint density at radius 3 is 0.953 bits per heavy atom. The predicted molar refractivity (Wildman–Crippen MR) is 206 cm³/mol. The number of anilines is 1. The van der Waals surface area contributed by atoms with Crippen molar-refractivity contribution >= 4 is 5.69 Å². The molecule has 0 unspecified atom stereocenters. The highest BCUT2D eigenvalue weighted by Gasteiger charge is 2.20. The first-order valence-corrected chi connectivity index (χ1v) is 17.4. The molecule has 4 aromatic rings. The molecule has 0 saturated carbocycles. The van der Waals surface area contributed by atoms with E-state index in [0.29, 0.717) is 0 Å². The van der Waals surface area contributed by atoms with Gasteiger partial charge in [0.1, 0.15) is 0 Å². The van der Waals surface area contributed by atoms with Gasteiger partial charge in [0.05, 0.1) is 5.69 Å². The van der Waals surface area contributed by atoms with Crippen LogP contribution in [0.3, 0.4) is 0 Å². The number of hydrogen-bond donors (Lipinski definition) is 0. The van der Waals surface area contributed by atoms with E-state index in [1.807, 2.05) is 96.9 Å². The molecule has 4 aromatic carbocycles. The number of hydrogen-bond acceptors (Lipinski definition) is 1. The van der Waals surface area contributed by atoms with Gasteiger partial charge in [0.25, 0.3) is 0 Å². The number of nitrogens with zero attached hydrogens (tertiary/aromatic N) is 1. The topological polar surface area (TPSA) is 3.24 Å². The van der Waals surface area contributed by atoms with Crippen LogP contribution in [0.5, 0.6) is 0 Å². The number of rotatable bonds is 6. The van der Waals surface area contributed by atoms with Crippen molar-refractivity contribution in [2.75, 3.05) is 18.0 Å². The summed E-state index contributed by atoms with van der Waals surface area (Å²) in [4.78, 5) is 2.48. The van der Waals surface area contributed by atoms with Crippen LogP contribution in [-0.4, -0.2) is 13.1 Å². The van der Waals surface area contributed by atoms with Crippen LogP contribution in [0.1, 0.15) is 111 Å². The largest absolute Gasteiger partial charge is 0.371 e. The van der Waals surface area contributed by atoms with Crippen LogP contribution in [0.25, 0.3) is 33.4 Å². The Kier molecular flexibility index (Phi) is 37.8. The van der Waals surface area contributed by atoms with Gasteiger partial charge in [0, 0.05) is 24.2 Å². The Balaban J connectivity index is -0.000000479. The Morgan fingerprint density at radius 1 is 0.349 bits per heavy atom. The molecule has 0 spiro atoms. The fourth-order valence-electron chi connectivity index (χ4n) is 4.07. The quantitative estimate of drug-likeness (QED) is 0.217. The molecule has 0 saturated heterocycles. The zero-order valence-corrected chi connectivity index (χ0v) is 31.2. The van der Waals surface area contributed by atoms with Gasteiger partial charge < -0.3 is 4.90 Å². The van der Waals surface area contributed by atoms with Crippen LogP contribution in [0.4, 0.5) is 5.69 Å². The van der Waals surface area contributed by atoms with Crippen molar-refractivity contribution < 1.29 is 0 Å². The molecule has 242 valence electrons. The summed E-state index contributed by atoms with van der Waals surface area (Å²) in [7, 11) is 0. The highest BCUT2D eigenvalue weighted by molar-refractivity contribution is 5.99. The molecular formula is C42H69N. The molecule has 0 aromatic heterocycles. The summed E-state index contributed by atoms with van der Waals surface area (Å²) in [6.45, 7) is 34.4. The molecule has 0 aliphatic rings. The Hall–Kier alpha value is -3.32. The van der Waals surface area contributed by atoms with E-state index in [-0.39, 0.29) is 0 Å². The van der Waals surface area contributed by atoms with Crippen molar-refractivity contribution in [1.29, 1.82) is 0 Å². The Morgan fingerprint density at radius 2 is 0.628 bits per heavy atom. The maximum Gasteiger partial charge on any atom is 0.0531 e. The van der Waals surface area contributed by atoms with Crippen molar-refractivity contribution in [3.63, 3.8) is 0 Å². The van der Waals surface area contributed by atoms with Crippen LogP contribution < -0.4 is 4.90 Å². The summed E-state index contributed by atoms with van der Waals surface area (Å²) in [6, 6.07) is 36.8. The Labute approximate surface area is 270 Å². The monoisotopic (exact) mass is 588 g/mol. The third-order valence-corrected chi connectivity index (χ3v) is 5.49. The van der Waals surface area contributed by atoms with Gasteiger partial charge in [-0.2, -0.15) is 0 Å². The maximum atomic E-state index is 2.48. The smallest absolute Gasteiger partial charge is 0.0531 e. The predicted octanol–water partition coefficient (Wildman–Crippen LogP) is 14.7. The molecule has 0 amide bonds. The SMILES string of the molecule is CC.CC.CC.CC.CC.CC.CC.CCN(CC)c1c(-c2ccccc2)ccc(-c2ccccc2)c1-c1ccccc1.